The number of hydrogen-bond acceptors (Lipinski definition) is 3. The van der Waals surface area contributed by atoms with Crippen LogP contribution in [0, 0.1) is 5.82 Å². The first-order chi connectivity index (χ1) is 7.49. The molecule has 3 nitrogen and oxygen atoms in total. The highest BCUT2D eigenvalue weighted by Crippen LogP contribution is 2.33. The van der Waals surface area contributed by atoms with Gasteiger partial charge in [0.15, 0.2) is 0 Å². The Balaban J connectivity index is 2.44. The Labute approximate surface area is 96.4 Å². The van der Waals surface area contributed by atoms with Gasteiger partial charge in [0.25, 0.3) is 11.7 Å². The van der Waals surface area contributed by atoms with Crippen LogP contribution >= 0.6 is 11.8 Å². The van der Waals surface area contributed by atoms with Crippen molar-refractivity contribution >= 4 is 29.1 Å². The fourth-order valence-corrected chi connectivity index (χ4v) is 2.36. The van der Waals surface area contributed by atoms with E-state index in [9.17, 15) is 14.0 Å². The van der Waals surface area contributed by atoms with Gasteiger partial charge in [-0.05, 0) is 12.1 Å². The van der Waals surface area contributed by atoms with Gasteiger partial charge in [-0.2, -0.15) is 0 Å². The van der Waals surface area contributed by atoms with Crippen molar-refractivity contribution in [2.45, 2.75) is 24.0 Å². The first-order valence-electron chi connectivity index (χ1n) is 4.85. The van der Waals surface area contributed by atoms with E-state index in [1.165, 1.54) is 17.8 Å². The first-order valence-corrected chi connectivity index (χ1v) is 5.73. The van der Waals surface area contributed by atoms with Crippen molar-refractivity contribution in [3.63, 3.8) is 0 Å². The molecule has 1 aromatic rings. The Morgan fingerprint density at radius 3 is 2.62 bits per heavy atom. The van der Waals surface area contributed by atoms with E-state index in [1.807, 2.05) is 13.8 Å². The molecule has 0 spiro atoms. The van der Waals surface area contributed by atoms with Crippen LogP contribution in [0.25, 0.3) is 0 Å². The third-order valence-electron chi connectivity index (χ3n) is 2.13. The number of nitrogens with one attached hydrogen (secondary N) is 1. The molecule has 1 amide bonds. The largest absolute Gasteiger partial charge is 0.318 e. The molecule has 1 heterocycles. The van der Waals surface area contributed by atoms with Gasteiger partial charge in [0, 0.05) is 10.1 Å². The lowest BCUT2D eigenvalue weighted by Crippen LogP contribution is -2.12. The van der Waals surface area contributed by atoms with Crippen molar-refractivity contribution in [2.24, 2.45) is 0 Å². The van der Waals surface area contributed by atoms with E-state index in [-0.39, 0.29) is 10.8 Å². The van der Waals surface area contributed by atoms with E-state index in [4.69, 9.17) is 0 Å². The summed E-state index contributed by atoms with van der Waals surface area (Å²) in [6, 6.07) is 2.64. The Bertz CT molecular complexity index is 485. The van der Waals surface area contributed by atoms with E-state index < -0.39 is 17.5 Å². The zero-order chi connectivity index (χ0) is 11.9. The number of carbonyl (C=O) groups is 2. The van der Waals surface area contributed by atoms with E-state index in [0.29, 0.717) is 10.6 Å². The Morgan fingerprint density at radius 2 is 2.00 bits per heavy atom. The van der Waals surface area contributed by atoms with Crippen LogP contribution in [0.2, 0.25) is 0 Å². The summed E-state index contributed by atoms with van der Waals surface area (Å²) in [6.45, 7) is 3.89. The standard InChI is InChI=1S/C11H10FNO2S/c1-5(2)16-9-4-8-6(3-7(9)12)10(14)11(15)13-8/h3-5H,1-2H3,(H,13,14,15). The fourth-order valence-electron chi connectivity index (χ4n) is 1.49. The minimum atomic E-state index is -0.693. The number of thioether (sulfide) groups is 1. The molecule has 16 heavy (non-hydrogen) atoms. The molecule has 0 saturated heterocycles. The fraction of sp³-hybridized carbons (Fsp3) is 0.273. The molecule has 1 aromatic carbocycles. The molecule has 1 aliphatic heterocycles. The van der Waals surface area contributed by atoms with Gasteiger partial charge in [-0.1, -0.05) is 13.8 Å². The maximum absolute atomic E-state index is 13.6. The van der Waals surface area contributed by atoms with Crippen LogP contribution in [0.4, 0.5) is 10.1 Å². The second-order valence-corrected chi connectivity index (χ2v) is 5.40. The second-order valence-electron chi connectivity index (χ2n) is 3.78. The minimum Gasteiger partial charge on any atom is -0.318 e. The zero-order valence-corrected chi connectivity index (χ0v) is 9.65. The number of anilines is 1. The number of fused-ring (bicyclic) bond motifs is 1. The number of amides is 1. The van der Waals surface area contributed by atoms with Gasteiger partial charge in [0.05, 0.1) is 11.3 Å². The van der Waals surface area contributed by atoms with Crippen LogP contribution < -0.4 is 5.32 Å². The Morgan fingerprint density at radius 1 is 1.31 bits per heavy atom. The topological polar surface area (TPSA) is 46.2 Å². The second kappa shape index (κ2) is 3.90. The summed E-state index contributed by atoms with van der Waals surface area (Å²) in [7, 11) is 0. The molecule has 2 rings (SSSR count). The molecule has 0 bridgehead atoms. The van der Waals surface area contributed by atoms with Crippen molar-refractivity contribution in [1.82, 2.24) is 0 Å². The third-order valence-corrected chi connectivity index (χ3v) is 3.17. The Hall–Kier alpha value is -1.36. The highest BCUT2D eigenvalue weighted by Gasteiger charge is 2.29. The average Bonchev–Trinajstić information content (AvgIpc) is 2.44. The highest BCUT2D eigenvalue weighted by molar-refractivity contribution is 7.99. The smallest absolute Gasteiger partial charge is 0.296 e. The van der Waals surface area contributed by atoms with E-state index >= 15 is 0 Å². The molecule has 84 valence electrons. The SMILES string of the molecule is CC(C)Sc1cc2c(cc1F)C(=O)C(=O)N2. The molecule has 1 N–H and O–H groups in total. The molecule has 0 aromatic heterocycles. The molecular formula is C11H10FNO2S. The molecule has 0 fully saturated rings. The number of rotatable bonds is 2. The van der Waals surface area contributed by atoms with Crippen LogP contribution in [0.15, 0.2) is 17.0 Å². The summed E-state index contributed by atoms with van der Waals surface area (Å²) in [5.74, 6) is -1.82. The van der Waals surface area contributed by atoms with Crippen LogP contribution in [0.1, 0.15) is 24.2 Å². The summed E-state index contributed by atoms with van der Waals surface area (Å²) >= 11 is 1.36. The van der Waals surface area contributed by atoms with Gasteiger partial charge < -0.3 is 5.32 Å². The lowest BCUT2D eigenvalue weighted by atomic mass is 10.1. The zero-order valence-electron chi connectivity index (χ0n) is 8.83. The monoisotopic (exact) mass is 239 g/mol. The van der Waals surface area contributed by atoms with Gasteiger partial charge >= 0.3 is 0 Å². The number of carbonyl (C=O) groups excluding carboxylic acids is 2. The summed E-state index contributed by atoms with van der Waals surface area (Å²) in [6.07, 6.45) is 0. The third kappa shape index (κ3) is 1.82. The quantitative estimate of drug-likeness (QED) is 0.637. The number of Topliss-reactive ketones (excluding diaryl/α,β-unsaturated/α-hetero) is 1. The first kappa shape index (κ1) is 11.1. The Kier molecular flexibility index (Phi) is 2.71. The lowest BCUT2D eigenvalue weighted by Gasteiger charge is -2.07. The van der Waals surface area contributed by atoms with Gasteiger partial charge in [-0.15, -0.1) is 11.8 Å². The summed E-state index contributed by atoms with van der Waals surface area (Å²) in [4.78, 5) is 22.8. The van der Waals surface area contributed by atoms with Crippen LogP contribution in [-0.2, 0) is 4.79 Å². The molecule has 1 aliphatic rings. The molecule has 0 unspecified atom stereocenters. The van der Waals surface area contributed by atoms with Crippen molar-refractivity contribution in [2.75, 3.05) is 5.32 Å². The van der Waals surface area contributed by atoms with Crippen molar-refractivity contribution in [1.29, 1.82) is 0 Å². The minimum absolute atomic E-state index is 0.121. The normalized spacial score (nSPS) is 14.2. The molecule has 0 radical (unpaired) electrons. The molecule has 0 saturated carbocycles. The number of ketones is 1. The molecule has 0 atom stereocenters. The van der Waals surface area contributed by atoms with Crippen molar-refractivity contribution in [3.05, 3.63) is 23.5 Å². The molecular weight excluding hydrogens is 229 g/mol. The van der Waals surface area contributed by atoms with E-state index in [0.717, 1.165) is 6.07 Å². The molecule has 5 heteroatoms. The summed E-state index contributed by atoms with van der Waals surface area (Å²) in [5.41, 5.74) is 0.523. The van der Waals surface area contributed by atoms with Crippen molar-refractivity contribution < 1.29 is 14.0 Å². The van der Waals surface area contributed by atoms with Crippen LogP contribution in [0.5, 0.6) is 0 Å². The van der Waals surface area contributed by atoms with Crippen LogP contribution in [0.3, 0.4) is 0 Å². The maximum atomic E-state index is 13.6. The number of halogens is 1. The average molecular weight is 239 g/mol. The predicted molar refractivity (Wildman–Crippen MR) is 60.4 cm³/mol. The predicted octanol–water partition coefficient (Wildman–Crippen LogP) is 2.46. The van der Waals surface area contributed by atoms with Gasteiger partial charge in [-0.25, -0.2) is 4.39 Å². The summed E-state index contributed by atoms with van der Waals surface area (Å²) < 4.78 is 13.6. The van der Waals surface area contributed by atoms with E-state index in [1.54, 1.807) is 0 Å². The number of benzene rings is 1. The van der Waals surface area contributed by atoms with Crippen LogP contribution in [-0.4, -0.2) is 16.9 Å². The van der Waals surface area contributed by atoms with Gasteiger partial charge in [0.1, 0.15) is 5.82 Å². The highest BCUT2D eigenvalue weighted by atomic mass is 32.2. The number of hydrogen-bond donors (Lipinski definition) is 1. The van der Waals surface area contributed by atoms with Gasteiger partial charge in [-0.3, -0.25) is 9.59 Å². The maximum Gasteiger partial charge on any atom is 0.296 e. The lowest BCUT2D eigenvalue weighted by molar-refractivity contribution is -0.112. The van der Waals surface area contributed by atoms with E-state index in [2.05, 4.69) is 5.32 Å². The summed E-state index contributed by atoms with van der Waals surface area (Å²) in [5, 5.41) is 2.66. The van der Waals surface area contributed by atoms with Gasteiger partial charge in [0.2, 0.25) is 0 Å². The molecule has 0 aliphatic carbocycles. The van der Waals surface area contributed by atoms with Crippen molar-refractivity contribution in [3.8, 4) is 0 Å².